The molecular formula is C21H20N2OS. The van der Waals surface area contributed by atoms with Crippen LogP contribution >= 0.6 is 11.8 Å². The van der Waals surface area contributed by atoms with Crippen molar-refractivity contribution >= 4 is 34.6 Å². The monoisotopic (exact) mass is 348 g/mol. The van der Waals surface area contributed by atoms with Gasteiger partial charge >= 0.3 is 0 Å². The van der Waals surface area contributed by atoms with Crippen LogP contribution in [0.3, 0.4) is 0 Å². The van der Waals surface area contributed by atoms with Gasteiger partial charge in [0.25, 0.3) is 5.91 Å². The molecule has 0 aromatic heterocycles. The smallest absolute Gasteiger partial charge is 0.266 e. The number of thioether (sulfide) groups is 1. The van der Waals surface area contributed by atoms with Gasteiger partial charge in [-0.1, -0.05) is 60.2 Å². The van der Waals surface area contributed by atoms with Crippen molar-refractivity contribution in [1.29, 1.82) is 0 Å². The van der Waals surface area contributed by atoms with Gasteiger partial charge in [0.05, 0.1) is 10.6 Å². The van der Waals surface area contributed by atoms with Crippen molar-refractivity contribution in [3.8, 4) is 0 Å². The van der Waals surface area contributed by atoms with Gasteiger partial charge in [0.15, 0.2) is 5.17 Å². The minimum absolute atomic E-state index is 0.0103. The van der Waals surface area contributed by atoms with E-state index >= 15 is 0 Å². The van der Waals surface area contributed by atoms with Crippen LogP contribution in [0, 0.1) is 6.92 Å². The highest BCUT2D eigenvalue weighted by molar-refractivity contribution is 8.18. The van der Waals surface area contributed by atoms with Crippen LogP contribution in [0.1, 0.15) is 18.1 Å². The largest absolute Gasteiger partial charge is 0.287 e. The molecule has 0 radical (unpaired) electrons. The Labute approximate surface area is 152 Å². The van der Waals surface area contributed by atoms with Gasteiger partial charge in [0.1, 0.15) is 0 Å². The first-order valence-corrected chi connectivity index (χ1v) is 9.07. The second kappa shape index (κ2) is 7.99. The number of amidine groups is 1. The summed E-state index contributed by atoms with van der Waals surface area (Å²) in [6.07, 6.45) is 5.77. The molecule has 3 rings (SSSR count). The zero-order valence-electron chi connectivity index (χ0n) is 14.3. The van der Waals surface area contributed by atoms with Gasteiger partial charge in [-0.15, -0.1) is 0 Å². The molecule has 1 fully saturated rings. The average molecular weight is 348 g/mol. The standard InChI is InChI=1S/C21H20N2OS/c1-3-23-20(24)19(11-7-10-17-8-5-4-6-9-17)25-21(23)22-18-14-12-16(2)13-15-18/h4-15H,3H2,1-2H3/b10-7+,19-11+,22-21?. The summed E-state index contributed by atoms with van der Waals surface area (Å²) in [6, 6.07) is 18.0. The number of hydrogen-bond acceptors (Lipinski definition) is 3. The Bertz CT molecular complexity index is 836. The number of carbonyl (C=O) groups is 1. The SMILES string of the molecule is CCN1C(=O)/C(=C\C=C\c2ccccc2)SC1=Nc1ccc(C)cc1. The number of allylic oxidation sites excluding steroid dienone is 2. The van der Waals surface area contributed by atoms with Crippen LogP contribution in [0.25, 0.3) is 6.08 Å². The van der Waals surface area contributed by atoms with Gasteiger partial charge in [-0.3, -0.25) is 9.69 Å². The summed E-state index contributed by atoms with van der Waals surface area (Å²) in [6.45, 7) is 4.62. The minimum atomic E-state index is 0.0103. The zero-order chi connectivity index (χ0) is 17.6. The molecule has 126 valence electrons. The first kappa shape index (κ1) is 17.2. The molecule has 1 heterocycles. The van der Waals surface area contributed by atoms with Gasteiger partial charge < -0.3 is 0 Å². The molecule has 0 unspecified atom stereocenters. The van der Waals surface area contributed by atoms with Crippen LogP contribution in [0.5, 0.6) is 0 Å². The lowest BCUT2D eigenvalue weighted by Gasteiger charge is -2.11. The van der Waals surface area contributed by atoms with Crippen LogP contribution in [0.4, 0.5) is 5.69 Å². The number of likely N-dealkylation sites (N-methyl/N-ethyl adjacent to an activating group) is 1. The maximum atomic E-state index is 12.6. The normalized spacial score (nSPS) is 18.0. The molecule has 0 bridgehead atoms. The Hall–Kier alpha value is -2.59. The first-order chi connectivity index (χ1) is 12.2. The third-order valence-electron chi connectivity index (χ3n) is 3.80. The quantitative estimate of drug-likeness (QED) is 0.714. The van der Waals surface area contributed by atoms with Gasteiger partial charge in [-0.2, -0.15) is 0 Å². The fourth-order valence-corrected chi connectivity index (χ4v) is 3.44. The summed E-state index contributed by atoms with van der Waals surface area (Å²) in [5.74, 6) is 0.0103. The number of benzene rings is 2. The van der Waals surface area contributed by atoms with Gasteiger partial charge in [-0.25, -0.2) is 4.99 Å². The molecule has 0 spiro atoms. The molecule has 1 aliphatic rings. The molecule has 25 heavy (non-hydrogen) atoms. The molecule has 0 aliphatic carbocycles. The second-order valence-electron chi connectivity index (χ2n) is 5.68. The summed E-state index contributed by atoms with van der Waals surface area (Å²) in [5, 5.41) is 0.732. The van der Waals surface area contributed by atoms with Crippen molar-refractivity contribution in [2.45, 2.75) is 13.8 Å². The van der Waals surface area contributed by atoms with Gasteiger partial charge in [0.2, 0.25) is 0 Å². The number of rotatable bonds is 4. The van der Waals surface area contributed by atoms with E-state index in [4.69, 9.17) is 0 Å². The van der Waals surface area contributed by atoms with E-state index in [1.807, 2.05) is 86.7 Å². The maximum absolute atomic E-state index is 12.6. The van der Waals surface area contributed by atoms with Crippen molar-refractivity contribution in [3.05, 3.63) is 82.8 Å². The van der Waals surface area contributed by atoms with E-state index in [-0.39, 0.29) is 5.91 Å². The number of amides is 1. The molecule has 3 nitrogen and oxygen atoms in total. The lowest BCUT2D eigenvalue weighted by atomic mass is 10.2. The molecule has 4 heteroatoms. The fraction of sp³-hybridized carbons (Fsp3) is 0.143. The number of aryl methyl sites for hydroxylation is 1. The molecule has 1 amide bonds. The molecule has 2 aromatic rings. The van der Waals surface area contributed by atoms with Crippen LogP contribution in [0.15, 0.2) is 76.6 Å². The Kier molecular flexibility index (Phi) is 5.51. The predicted molar refractivity (Wildman–Crippen MR) is 107 cm³/mol. The Morgan fingerprint density at radius 3 is 2.48 bits per heavy atom. The van der Waals surface area contributed by atoms with Crippen molar-refractivity contribution in [1.82, 2.24) is 4.90 Å². The van der Waals surface area contributed by atoms with E-state index in [1.165, 1.54) is 17.3 Å². The Morgan fingerprint density at radius 1 is 1.08 bits per heavy atom. The topological polar surface area (TPSA) is 32.7 Å². The third-order valence-corrected chi connectivity index (χ3v) is 4.82. The minimum Gasteiger partial charge on any atom is -0.287 e. The van der Waals surface area contributed by atoms with Crippen molar-refractivity contribution in [3.63, 3.8) is 0 Å². The number of nitrogens with zero attached hydrogens (tertiary/aromatic N) is 2. The van der Waals surface area contributed by atoms with Crippen molar-refractivity contribution < 1.29 is 4.79 Å². The molecule has 0 N–H and O–H groups in total. The summed E-state index contributed by atoms with van der Waals surface area (Å²) < 4.78 is 0. The number of aliphatic imine (C=N–C) groups is 1. The molecule has 0 saturated carbocycles. The molecule has 2 aromatic carbocycles. The fourth-order valence-electron chi connectivity index (χ4n) is 2.42. The molecule has 0 atom stereocenters. The summed E-state index contributed by atoms with van der Waals surface area (Å²) >= 11 is 1.42. The van der Waals surface area contributed by atoms with Crippen LogP contribution in [0.2, 0.25) is 0 Å². The van der Waals surface area contributed by atoms with E-state index in [0.717, 1.165) is 16.4 Å². The lowest BCUT2D eigenvalue weighted by Crippen LogP contribution is -2.28. The summed E-state index contributed by atoms with van der Waals surface area (Å²) in [7, 11) is 0. The first-order valence-electron chi connectivity index (χ1n) is 8.26. The predicted octanol–water partition coefficient (Wildman–Crippen LogP) is 5.18. The van der Waals surface area contributed by atoms with E-state index in [1.54, 1.807) is 4.90 Å². The second-order valence-corrected chi connectivity index (χ2v) is 6.69. The highest BCUT2D eigenvalue weighted by Crippen LogP contribution is 2.32. The third kappa shape index (κ3) is 4.28. The van der Waals surface area contributed by atoms with Crippen LogP contribution < -0.4 is 0 Å². The van der Waals surface area contributed by atoms with E-state index in [9.17, 15) is 4.79 Å². The van der Waals surface area contributed by atoms with Crippen LogP contribution in [-0.2, 0) is 4.79 Å². The lowest BCUT2D eigenvalue weighted by molar-refractivity contribution is -0.122. The Morgan fingerprint density at radius 2 is 1.80 bits per heavy atom. The van der Waals surface area contributed by atoms with Crippen molar-refractivity contribution in [2.75, 3.05) is 6.54 Å². The van der Waals surface area contributed by atoms with Gasteiger partial charge in [-0.05, 0) is 49.4 Å². The van der Waals surface area contributed by atoms with Crippen molar-refractivity contribution in [2.24, 2.45) is 4.99 Å². The molecule has 1 aliphatic heterocycles. The molecule has 1 saturated heterocycles. The van der Waals surface area contributed by atoms with E-state index in [0.29, 0.717) is 11.4 Å². The number of hydrogen-bond donors (Lipinski definition) is 0. The highest BCUT2D eigenvalue weighted by Gasteiger charge is 2.31. The van der Waals surface area contributed by atoms with E-state index in [2.05, 4.69) is 4.99 Å². The average Bonchev–Trinajstić information content (AvgIpc) is 2.92. The highest BCUT2D eigenvalue weighted by atomic mass is 32.2. The Balaban J connectivity index is 1.81. The summed E-state index contributed by atoms with van der Waals surface area (Å²) in [4.78, 5) is 19.6. The maximum Gasteiger partial charge on any atom is 0.266 e. The molecular weight excluding hydrogens is 328 g/mol. The summed E-state index contributed by atoms with van der Waals surface area (Å²) in [5.41, 5.74) is 3.16. The van der Waals surface area contributed by atoms with Crippen LogP contribution in [-0.4, -0.2) is 22.5 Å². The number of carbonyl (C=O) groups excluding carboxylic acids is 1. The zero-order valence-corrected chi connectivity index (χ0v) is 15.2. The van der Waals surface area contributed by atoms with E-state index < -0.39 is 0 Å². The van der Waals surface area contributed by atoms with Gasteiger partial charge in [0, 0.05) is 6.54 Å².